The molecule has 0 N–H and O–H groups in total. The van der Waals surface area contributed by atoms with Gasteiger partial charge < -0.3 is 0 Å². The fourth-order valence-electron chi connectivity index (χ4n) is 4.62. The van der Waals surface area contributed by atoms with Gasteiger partial charge in [-0.15, -0.1) is 0 Å². The van der Waals surface area contributed by atoms with Crippen molar-refractivity contribution < 1.29 is 0 Å². The Morgan fingerprint density at radius 1 is 0.357 bits per heavy atom. The third kappa shape index (κ3) is 2.13. The summed E-state index contributed by atoms with van der Waals surface area (Å²) in [6, 6.07) is 29.6. The Balaban J connectivity index is 1.80. The molecule has 0 unspecified atom stereocenters. The minimum Gasteiger partial charge on any atom is -0.0843 e. The van der Waals surface area contributed by atoms with Gasteiger partial charge >= 0.3 is 0 Å². The third-order valence-corrected chi connectivity index (χ3v) is 6.20. The van der Waals surface area contributed by atoms with E-state index in [1.807, 2.05) is 24.3 Å². The zero-order valence-corrected chi connectivity index (χ0v) is 16.4. The summed E-state index contributed by atoms with van der Waals surface area (Å²) in [6.45, 7) is 0. The Morgan fingerprint density at radius 3 is 1.14 bits per heavy atom. The quantitative estimate of drug-likeness (QED) is 0.244. The Hall–Kier alpha value is -2.80. The molecule has 2 heteroatoms. The Bertz CT molecular complexity index is 1230. The van der Waals surface area contributed by atoms with Crippen molar-refractivity contribution in [2.45, 2.75) is 0 Å². The van der Waals surface area contributed by atoms with E-state index in [1.54, 1.807) is 0 Å². The second kappa shape index (κ2) is 5.85. The van der Waals surface area contributed by atoms with Crippen molar-refractivity contribution in [3.63, 3.8) is 0 Å². The predicted molar refractivity (Wildman–Crippen MR) is 119 cm³/mol. The summed E-state index contributed by atoms with van der Waals surface area (Å²) in [6.07, 6.45) is 0. The maximum atomic E-state index is 6.35. The SMILES string of the molecule is Clc1ccc2c(c1)-c1cc(Cl)ccc1C2=C1c2ccccc2-c2ccccc21. The molecular weight excluding hydrogens is 383 g/mol. The molecule has 0 spiro atoms. The molecule has 4 aromatic rings. The average molecular weight is 397 g/mol. The van der Waals surface area contributed by atoms with Crippen molar-refractivity contribution >= 4 is 34.3 Å². The maximum Gasteiger partial charge on any atom is 0.0412 e. The van der Waals surface area contributed by atoms with Gasteiger partial charge in [0.25, 0.3) is 0 Å². The van der Waals surface area contributed by atoms with Gasteiger partial charge in [-0.1, -0.05) is 83.9 Å². The number of rotatable bonds is 0. The summed E-state index contributed by atoms with van der Waals surface area (Å²) in [7, 11) is 0. The minimum atomic E-state index is 0.739. The summed E-state index contributed by atoms with van der Waals surface area (Å²) in [4.78, 5) is 0. The van der Waals surface area contributed by atoms with Crippen molar-refractivity contribution in [2.24, 2.45) is 0 Å². The van der Waals surface area contributed by atoms with Crippen LogP contribution in [0.15, 0.2) is 84.9 Å². The van der Waals surface area contributed by atoms with Crippen molar-refractivity contribution in [3.8, 4) is 22.3 Å². The molecule has 0 aliphatic heterocycles. The molecular formula is C26H14Cl2. The zero-order chi connectivity index (χ0) is 18.8. The van der Waals surface area contributed by atoms with E-state index < -0.39 is 0 Å². The van der Waals surface area contributed by atoms with Crippen LogP contribution in [0.1, 0.15) is 22.3 Å². The van der Waals surface area contributed by atoms with Gasteiger partial charge in [-0.25, -0.2) is 0 Å². The third-order valence-electron chi connectivity index (χ3n) is 5.73. The lowest BCUT2D eigenvalue weighted by atomic mass is 9.92. The molecule has 4 aromatic carbocycles. The van der Waals surface area contributed by atoms with Crippen molar-refractivity contribution in [2.75, 3.05) is 0 Å². The fourth-order valence-corrected chi connectivity index (χ4v) is 4.96. The molecule has 0 bridgehead atoms. The molecule has 0 saturated carbocycles. The lowest BCUT2D eigenvalue weighted by Gasteiger charge is -2.11. The van der Waals surface area contributed by atoms with Gasteiger partial charge in [-0.2, -0.15) is 0 Å². The molecule has 0 saturated heterocycles. The van der Waals surface area contributed by atoms with Crippen LogP contribution in [0.2, 0.25) is 10.0 Å². The van der Waals surface area contributed by atoms with E-state index in [0.717, 1.165) is 21.2 Å². The van der Waals surface area contributed by atoms with E-state index in [2.05, 4.69) is 60.7 Å². The molecule has 0 aromatic heterocycles. The summed E-state index contributed by atoms with van der Waals surface area (Å²) >= 11 is 12.7. The summed E-state index contributed by atoms with van der Waals surface area (Å²) in [5.41, 5.74) is 12.4. The maximum absolute atomic E-state index is 6.35. The highest BCUT2D eigenvalue weighted by molar-refractivity contribution is 6.32. The molecule has 0 atom stereocenters. The molecule has 6 rings (SSSR count). The average Bonchev–Trinajstić information content (AvgIpc) is 3.20. The van der Waals surface area contributed by atoms with E-state index in [1.165, 1.54) is 44.5 Å². The molecule has 132 valence electrons. The first-order valence-corrected chi connectivity index (χ1v) is 10.0. The fraction of sp³-hybridized carbons (Fsp3) is 0. The van der Waals surface area contributed by atoms with Crippen LogP contribution < -0.4 is 0 Å². The number of hydrogen-bond acceptors (Lipinski definition) is 0. The number of fused-ring (bicyclic) bond motifs is 6. The van der Waals surface area contributed by atoms with Gasteiger partial charge in [0.1, 0.15) is 0 Å². The van der Waals surface area contributed by atoms with E-state index in [9.17, 15) is 0 Å². The Kier molecular flexibility index (Phi) is 3.38. The van der Waals surface area contributed by atoms with Crippen LogP contribution in [0.3, 0.4) is 0 Å². The summed E-state index contributed by atoms with van der Waals surface area (Å²) in [5.74, 6) is 0. The highest BCUT2D eigenvalue weighted by atomic mass is 35.5. The van der Waals surface area contributed by atoms with Gasteiger partial charge in [-0.3, -0.25) is 0 Å². The van der Waals surface area contributed by atoms with Crippen molar-refractivity contribution in [1.29, 1.82) is 0 Å². The second-order valence-electron chi connectivity index (χ2n) is 7.22. The van der Waals surface area contributed by atoms with Crippen LogP contribution in [0.25, 0.3) is 33.4 Å². The standard InChI is InChI=1S/C26H14Cl2/c27-15-9-11-21-23(13-15)24-14-16(28)10-12-22(24)26(21)25-19-7-3-1-5-17(19)18-6-2-4-8-20(18)25/h1-14H. The number of hydrogen-bond donors (Lipinski definition) is 0. The second-order valence-corrected chi connectivity index (χ2v) is 8.09. The first kappa shape index (κ1) is 16.2. The van der Waals surface area contributed by atoms with Crippen LogP contribution in [0, 0.1) is 0 Å². The van der Waals surface area contributed by atoms with E-state index >= 15 is 0 Å². The topological polar surface area (TPSA) is 0 Å². The molecule has 2 aliphatic rings. The van der Waals surface area contributed by atoms with E-state index in [4.69, 9.17) is 23.2 Å². The lowest BCUT2D eigenvalue weighted by Crippen LogP contribution is -1.90. The molecule has 0 nitrogen and oxygen atoms in total. The molecule has 2 aliphatic carbocycles. The van der Waals surface area contributed by atoms with E-state index in [0.29, 0.717) is 0 Å². The first-order valence-electron chi connectivity index (χ1n) is 9.26. The monoisotopic (exact) mass is 396 g/mol. The number of benzene rings is 4. The molecule has 0 radical (unpaired) electrons. The molecule has 0 heterocycles. The highest BCUT2D eigenvalue weighted by Crippen LogP contribution is 2.54. The zero-order valence-electron chi connectivity index (χ0n) is 14.8. The largest absolute Gasteiger partial charge is 0.0843 e. The van der Waals surface area contributed by atoms with Gasteiger partial charge in [-0.05, 0) is 79.9 Å². The van der Waals surface area contributed by atoms with Crippen LogP contribution in [-0.4, -0.2) is 0 Å². The Labute approximate surface area is 173 Å². The van der Waals surface area contributed by atoms with Gasteiger partial charge in [0.05, 0.1) is 0 Å². The Morgan fingerprint density at radius 2 is 0.714 bits per heavy atom. The molecule has 0 fully saturated rings. The molecule has 28 heavy (non-hydrogen) atoms. The van der Waals surface area contributed by atoms with Gasteiger partial charge in [0, 0.05) is 10.0 Å². The summed E-state index contributed by atoms with van der Waals surface area (Å²) < 4.78 is 0. The van der Waals surface area contributed by atoms with Crippen LogP contribution >= 0.6 is 23.2 Å². The van der Waals surface area contributed by atoms with Crippen molar-refractivity contribution in [3.05, 3.63) is 117 Å². The minimum absolute atomic E-state index is 0.739. The predicted octanol–water partition coefficient (Wildman–Crippen LogP) is 7.96. The van der Waals surface area contributed by atoms with Crippen LogP contribution in [0.5, 0.6) is 0 Å². The van der Waals surface area contributed by atoms with Crippen LogP contribution in [-0.2, 0) is 0 Å². The van der Waals surface area contributed by atoms with E-state index in [-0.39, 0.29) is 0 Å². The van der Waals surface area contributed by atoms with Gasteiger partial charge in [0.2, 0.25) is 0 Å². The first-order chi connectivity index (χ1) is 13.7. The molecule has 0 amide bonds. The van der Waals surface area contributed by atoms with Crippen molar-refractivity contribution in [1.82, 2.24) is 0 Å². The normalized spacial score (nSPS) is 13.2. The smallest absolute Gasteiger partial charge is 0.0412 e. The number of halogens is 2. The van der Waals surface area contributed by atoms with Crippen LogP contribution in [0.4, 0.5) is 0 Å². The lowest BCUT2D eigenvalue weighted by molar-refractivity contribution is 1.62. The highest BCUT2D eigenvalue weighted by Gasteiger charge is 2.32. The van der Waals surface area contributed by atoms with Gasteiger partial charge in [0.15, 0.2) is 0 Å². The summed E-state index contributed by atoms with van der Waals surface area (Å²) in [5, 5.41) is 1.48.